The number of anilines is 1. The van der Waals surface area contributed by atoms with E-state index in [0.717, 1.165) is 24.0 Å². The Bertz CT molecular complexity index is 441. The van der Waals surface area contributed by atoms with E-state index in [0.29, 0.717) is 0 Å². The van der Waals surface area contributed by atoms with Crippen LogP contribution in [0.1, 0.15) is 12.5 Å². The number of ether oxygens (including phenoxy) is 2. The molecule has 0 amide bonds. The van der Waals surface area contributed by atoms with Crippen LogP contribution < -0.4 is 10.6 Å². The Hall–Kier alpha value is -0.620. The quantitative estimate of drug-likeness (QED) is 0.890. The van der Waals surface area contributed by atoms with E-state index in [9.17, 15) is 0 Å². The van der Waals surface area contributed by atoms with Gasteiger partial charge in [-0.3, -0.25) is 0 Å². The van der Waals surface area contributed by atoms with Gasteiger partial charge in [0, 0.05) is 43.5 Å². The molecule has 5 heteroatoms. The fraction of sp³-hybridized carbons (Fsp3) is 0.600. The molecule has 0 aromatic heterocycles. The minimum Gasteiger partial charge on any atom is -0.377 e. The number of methoxy groups -OCH3 is 2. The molecule has 112 valence electrons. The highest BCUT2D eigenvalue weighted by Crippen LogP contribution is 2.30. The average Bonchev–Trinajstić information content (AvgIpc) is 2.83. The van der Waals surface area contributed by atoms with Gasteiger partial charge in [-0.2, -0.15) is 0 Å². The summed E-state index contributed by atoms with van der Waals surface area (Å²) in [6.45, 7) is 3.72. The Balaban J connectivity index is 2.25. The van der Waals surface area contributed by atoms with Crippen molar-refractivity contribution in [1.29, 1.82) is 0 Å². The Morgan fingerprint density at radius 2 is 1.90 bits per heavy atom. The first-order valence-electron chi connectivity index (χ1n) is 6.89. The number of hydrogen-bond donors (Lipinski definition) is 1. The van der Waals surface area contributed by atoms with Gasteiger partial charge >= 0.3 is 0 Å². The van der Waals surface area contributed by atoms with E-state index in [1.165, 1.54) is 11.3 Å². The van der Waals surface area contributed by atoms with Gasteiger partial charge in [-0.05, 0) is 31.0 Å². The second-order valence-corrected chi connectivity index (χ2v) is 6.32. The molecular formula is C15H23BrN2O2. The molecule has 0 saturated carbocycles. The molecule has 1 aliphatic heterocycles. The third kappa shape index (κ3) is 3.52. The number of halogens is 1. The van der Waals surface area contributed by atoms with Crippen molar-refractivity contribution in [2.75, 3.05) is 32.2 Å². The lowest BCUT2D eigenvalue weighted by atomic mass is 10.0. The summed E-state index contributed by atoms with van der Waals surface area (Å²) in [5.41, 5.74) is 8.45. The molecule has 2 rings (SSSR count). The third-order valence-corrected chi connectivity index (χ3v) is 4.24. The van der Waals surface area contributed by atoms with Crippen molar-refractivity contribution in [2.45, 2.75) is 31.6 Å². The van der Waals surface area contributed by atoms with E-state index in [4.69, 9.17) is 15.2 Å². The zero-order valence-corrected chi connectivity index (χ0v) is 13.9. The summed E-state index contributed by atoms with van der Waals surface area (Å²) < 4.78 is 12.1. The van der Waals surface area contributed by atoms with Crippen LogP contribution in [0.3, 0.4) is 0 Å². The van der Waals surface area contributed by atoms with Crippen molar-refractivity contribution in [3.05, 3.63) is 28.2 Å². The van der Waals surface area contributed by atoms with Gasteiger partial charge in [0.15, 0.2) is 0 Å². The lowest BCUT2D eigenvalue weighted by Gasteiger charge is -2.23. The Morgan fingerprint density at radius 1 is 1.30 bits per heavy atom. The highest BCUT2D eigenvalue weighted by atomic mass is 79.9. The van der Waals surface area contributed by atoms with Crippen LogP contribution in [0.4, 0.5) is 5.69 Å². The molecule has 1 fully saturated rings. The first-order valence-corrected chi connectivity index (χ1v) is 7.69. The third-order valence-electron chi connectivity index (χ3n) is 3.75. The predicted octanol–water partition coefficient (Wildman–Crippen LogP) is 2.19. The van der Waals surface area contributed by atoms with Crippen molar-refractivity contribution in [2.24, 2.45) is 5.73 Å². The molecule has 0 radical (unpaired) electrons. The fourth-order valence-corrected chi connectivity index (χ4v) is 3.09. The second-order valence-electron chi connectivity index (χ2n) is 5.41. The Labute approximate surface area is 129 Å². The van der Waals surface area contributed by atoms with Gasteiger partial charge in [0.2, 0.25) is 0 Å². The van der Waals surface area contributed by atoms with Gasteiger partial charge in [0.05, 0.1) is 0 Å². The maximum absolute atomic E-state index is 5.96. The number of hydrogen-bond acceptors (Lipinski definition) is 4. The number of nitrogens with two attached hydrogens (primary N) is 1. The summed E-state index contributed by atoms with van der Waals surface area (Å²) >= 11 is 3.55. The van der Waals surface area contributed by atoms with E-state index in [1.54, 1.807) is 14.2 Å². The van der Waals surface area contributed by atoms with Crippen molar-refractivity contribution in [1.82, 2.24) is 0 Å². The molecular weight excluding hydrogens is 320 g/mol. The Morgan fingerprint density at radius 3 is 2.40 bits per heavy atom. The zero-order valence-electron chi connectivity index (χ0n) is 12.3. The SMILES string of the molecule is COC1CN(c2cc(Br)ccc2CC(C)N)CC1OC. The van der Waals surface area contributed by atoms with Crippen LogP contribution in [0.15, 0.2) is 22.7 Å². The molecule has 3 unspecified atom stereocenters. The van der Waals surface area contributed by atoms with Crippen molar-refractivity contribution in [3.8, 4) is 0 Å². The molecule has 2 N–H and O–H groups in total. The second kappa shape index (κ2) is 6.89. The molecule has 0 aliphatic carbocycles. The molecule has 0 spiro atoms. The number of nitrogens with zero attached hydrogens (tertiary/aromatic N) is 1. The molecule has 3 atom stereocenters. The van der Waals surface area contributed by atoms with Gasteiger partial charge in [-0.25, -0.2) is 0 Å². The van der Waals surface area contributed by atoms with E-state index < -0.39 is 0 Å². The Kier molecular flexibility index (Phi) is 5.43. The summed E-state index contributed by atoms with van der Waals surface area (Å²) in [6, 6.07) is 6.51. The lowest BCUT2D eigenvalue weighted by molar-refractivity contribution is -0.00461. The topological polar surface area (TPSA) is 47.7 Å². The first-order chi connectivity index (χ1) is 9.55. The molecule has 1 aliphatic rings. The summed E-state index contributed by atoms with van der Waals surface area (Å²) in [7, 11) is 3.48. The van der Waals surface area contributed by atoms with Crippen LogP contribution in [-0.2, 0) is 15.9 Å². The molecule has 4 nitrogen and oxygen atoms in total. The summed E-state index contributed by atoms with van der Waals surface area (Å²) in [5.74, 6) is 0. The van der Waals surface area contributed by atoms with Crippen LogP contribution in [0, 0.1) is 0 Å². The van der Waals surface area contributed by atoms with Crippen molar-refractivity contribution in [3.63, 3.8) is 0 Å². The summed E-state index contributed by atoms with van der Waals surface area (Å²) in [4.78, 5) is 2.32. The van der Waals surface area contributed by atoms with Crippen LogP contribution in [0.25, 0.3) is 0 Å². The molecule has 20 heavy (non-hydrogen) atoms. The van der Waals surface area contributed by atoms with Crippen molar-refractivity contribution < 1.29 is 9.47 Å². The van der Waals surface area contributed by atoms with Gasteiger partial charge in [-0.1, -0.05) is 22.0 Å². The minimum atomic E-state index is 0.113. The maximum Gasteiger partial charge on any atom is 0.102 e. The van der Waals surface area contributed by atoms with Gasteiger partial charge in [0.25, 0.3) is 0 Å². The van der Waals surface area contributed by atoms with Gasteiger partial charge in [0.1, 0.15) is 12.2 Å². The van der Waals surface area contributed by atoms with Gasteiger partial charge in [-0.15, -0.1) is 0 Å². The standard InChI is InChI=1S/C15H23BrN2O2/c1-10(17)6-11-4-5-12(16)7-13(11)18-8-14(19-2)15(9-18)20-3/h4-5,7,10,14-15H,6,8-9,17H2,1-3H3. The van der Waals surface area contributed by atoms with E-state index in [1.807, 2.05) is 6.92 Å². The fourth-order valence-electron chi connectivity index (χ4n) is 2.74. The zero-order chi connectivity index (χ0) is 14.7. The van der Waals surface area contributed by atoms with E-state index in [2.05, 4.69) is 39.0 Å². The lowest BCUT2D eigenvalue weighted by Crippen LogP contribution is -2.27. The van der Waals surface area contributed by atoms with Crippen LogP contribution in [-0.4, -0.2) is 45.6 Å². The average molecular weight is 343 g/mol. The normalized spacial score (nSPS) is 24.1. The molecule has 1 saturated heterocycles. The molecule has 1 aromatic rings. The van der Waals surface area contributed by atoms with Crippen LogP contribution in [0.2, 0.25) is 0 Å². The predicted molar refractivity (Wildman–Crippen MR) is 85.3 cm³/mol. The first kappa shape index (κ1) is 15.8. The molecule has 0 bridgehead atoms. The van der Waals surface area contributed by atoms with Crippen LogP contribution >= 0.6 is 15.9 Å². The van der Waals surface area contributed by atoms with Crippen molar-refractivity contribution >= 4 is 21.6 Å². The number of benzene rings is 1. The minimum absolute atomic E-state index is 0.113. The van der Waals surface area contributed by atoms with Crippen LogP contribution in [0.5, 0.6) is 0 Å². The van der Waals surface area contributed by atoms with E-state index >= 15 is 0 Å². The van der Waals surface area contributed by atoms with Gasteiger partial charge < -0.3 is 20.1 Å². The maximum atomic E-state index is 5.96. The van der Waals surface area contributed by atoms with E-state index in [-0.39, 0.29) is 18.2 Å². The molecule has 1 heterocycles. The summed E-state index contributed by atoms with van der Waals surface area (Å²) in [6.07, 6.45) is 1.10. The monoisotopic (exact) mass is 342 g/mol. The number of rotatable bonds is 5. The summed E-state index contributed by atoms with van der Waals surface area (Å²) in [5, 5.41) is 0. The molecule has 1 aromatic carbocycles. The highest BCUT2D eigenvalue weighted by Gasteiger charge is 2.33. The smallest absolute Gasteiger partial charge is 0.102 e. The highest BCUT2D eigenvalue weighted by molar-refractivity contribution is 9.10. The largest absolute Gasteiger partial charge is 0.377 e.